The summed E-state index contributed by atoms with van der Waals surface area (Å²) in [5, 5.41) is 12.5. The van der Waals surface area contributed by atoms with E-state index < -0.39 is 11.2 Å². The zero-order chi connectivity index (χ0) is 24.1. The van der Waals surface area contributed by atoms with Gasteiger partial charge in [0, 0.05) is 45.3 Å². The first-order valence-corrected chi connectivity index (χ1v) is 11.4. The molecule has 0 amide bonds. The molecule has 0 unspecified atom stereocenters. The number of fused-ring (bicyclic) bond motifs is 1. The van der Waals surface area contributed by atoms with Crippen LogP contribution in [0.1, 0.15) is 12.8 Å². The van der Waals surface area contributed by atoms with E-state index in [-0.39, 0.29) is 24.4 Å². The van der Waals surface area contributed by atoms with Crippen LogP contribution in [0.5, 0.6) is 0 Å². The van der Waals surface area contributed by atoms with Crippen LogP contribution in [-0.2, 0) is 20.6 Å². The summed E-state index contributed by atoms with van der Waals surface area (Å²) in [6, 6.07) is 5.27. The van der Waals surface area contributed by atoms with Gasteiger partial charge in [-0.3, -0.25) is 18.5 Å². The van der Waals surface area contributed by atoms with Crippen LogP contribution in [0.2, 0.25) is 10.0 Å². The van der Waals surface area contributed by atoms with E-state index in [1.54, 1.807) is 29.8 Å². The van der Waals surface area contributed by atoms with Crippen LogP contribution >= 0.6 is 23.2 Å². The van der Waals surface area contributed by atoms with E-state index in [0.29, 0.717) is 45.8 Å². The molecule has 0 aliphatic carbocycles. The second-order valence-corrected chi connectivity index (χ2v) is 9.12. The maximum absolute atomic E-state index is 13.1. The molecule has 5 rings (SSSR count). The fourth-order valence-corrected chi connectivity index (χ4v) is 4.44. The van der Waals surface area contributed by atoms with Crippen molar-refractivity contribution < 1.29 is 4.42 Å². The molecular formula is C21H22Cl2N8O3. The Morgan fingerprint density at radius 2 is 1.94 bits per heavy atom. The van der Waals surface area contributed by atoms with Gasteiger partial charge in [0.05, 0.1) is 10.0 Å². The predicted octanol–water partition coefficient (Wildman–Crippen LogP) is 1.64. The van der Waals surface area contributed by atoms with E-state index in [4.69, 9.17) is 32.6 Å². The van der Waals surface area contributed by atoms with Crippen LogP contribution in [0.15, 0.2) is 32.2 Å². The van der Waals surface area contributed by atoms with E-state index in [1.165, 1.54) is 11.6 Å². The number of piperazine rings is 1. The van der Waals surface area contributed by atoms with Crippen molar-refractivity contribution in [3.8, 4) is 11.5 Å². The van der Waals surface area contributed by atoms with Crippen molar-refractivity contribution in [3.63, 3.8) is 0 Å². The first kappa shape index (κ1) is 22.6. The Bertz CT molecular complexity index is 1520. The SMILES string of the molecule is C[C@H]1CN(c2nc3c(c(=O)n(C)c(=O)n3C)n2Cc2nnc(-c3ccc(Cl)c(Cl)c3)o2)CCN1. The average Bonchev–Trinajstić information content (AvgIpc) is 3.44. The number of aryl methyl sites for hydroxylation is 1. The molecule has 0 radical (unpaired) electrons. The lowest BCUT2D eigenvalue weighted by atomic mass is 10.2. The van der Waals surface area contributed by atoms with Gasteiger partial charge in [0.15, 0.2) is 11.2 Å². The van der Waals surface area contributed by atoms with Crippen LogP contribution in [0.4, 0.5) is 5.95 Å². The molecule has 0 spiro atoms. The van der Waals surface area contributed by atoms with Gasteiger partial charge in [-0.25, -0.2) is 4.79 Å². The van der Waals surface area contributed by atoms with Crippen molar-refractivity contribution in [2.45, 2.75) is 19.5 Å². The molecule has 178 valence electrons. The summed E-state index contributed by atoms with van der Waals surface area (Å²) in [5.41, 5.74) is 0.336. The first-order valence-electron chi connectivity index (χ1n) is 10.7. The van der Waals surface area contributed by atoms with E-state index in [1.807, 2.05) is 0 Å². The number of halogens is 2. The average molecular weight is 505 g/mol. The lowest BCUT2D eigenvalue weighted by Gasteiger charge is -2.32. The topological polar surface area (TPSA) is 116 Å². The Morgan fingerprint density at radius 1 is 1.15 bits per heavy atom. The molecule has 13 heteroatoms. The third kappa shape index (κ3) is 3.79. The lowest BCUT2D eigenvalue weighted by Crippen LogP contribution is -2.50. The number of hydrogen-bond acceptors (Lipinski definition) is 8. The molecule has 4 heterocycles. The van der Waals surface area contributed by atoms with Crippen LogP contribution in [0, 0.1) is 0 Å². The minimum atomic E-state index is -0.443. The molecule has 0 bridgehead atoms. The highest BCUT2D eigenvalue weighted by atomic mass is 35.5. The molecule has 1 N–H and O–H groups in total. The standard InChI is InChI=1S/C21H22Cl2N8O3/c1-11-9-30(7-6-24-11)20-25-17-16(19(32)29(3)21(33)28(17)2)31(20)10-15-26-27-18(34-15)12-4-5-13(22)14(23)8-12/h4-5,8,11,24H,6-7,9-10H2,1-3H3/t11-/m0/s1. The molecule has 1 fully saturated rings. The molecule has 4 aromatic rings. The maximum atomic E-state index is 13.1. The van der Waals surface area contributed by atoms with Crippen molar-refractivity contribution in [1.29, 1.82) is 0 Å². The van der Waals surface area contributed by atoms with Gasteiger partial charge < -0.3 is 14.6 Å². The number of benzene rings is 1. The Morgan fingerprint density at radius 3 is 2.68 bits per heavy atom. The largest absolute Gasteiger partial charge is 0.419 e. The van der Waals surface area contributed by atoms with Crippen molar-refractivity contribution in [2.75, 3.05) is 24.5 Å². The summed E-state index contributed by atoms with van der Waals surface area (Å²) >= 11 is 12.1. The number of imidazole rings is 1. The van der Waals surface area contributed by atoms with Gasteiger partial charge in [0.2, 0.25) is 17.7 Å². The second-order valence-electron chi connectivity index (χ2n) is 8.31. The van der Waals surface area contributed by atoms with Gasteiger partial charge >= 0.3 is 5.69 Å². The van der Waals surface area contributed by atoms with Crippen LogP contribution in [0.25, 0.3) is 22.6 Å². The quantitative estimate of drug-likeness (QED) is 0.445. The van der Waals surface area contributed by atoms with Gasteiger partial charge in [-0.2, -0.15) is 4.98 Å². The third-order valence-electron chi connectivity index (χ3n) is 5.91. The van der Waals surface area contributed by atoms with Crippen LogP contribution in [0.3, 0.4) is 0 Å². The van der Waals surface area contributed by atoms with Gasteiger partial charge in [0.1, 0.15) is 6.54 Å². The number of nitrogens with one attached hydrogen (secondary N) is 1. The normalized spacial score (nSPS) is 16.5. The minimum Gasteiger partial charge on any atom is -0.419 e. The van der Waals surface area contributed by atoms with Gasteiger partial charge in [-0.15, -0.1) is 10.2 Å². The lowest BCUT2D eigenvalue weighted by molar-refractivity contribution is 0.465. The minimum absolute atomic E-state index is 0.103. The summed E-state index contributed by atoms with van der Waals surface area (Å²) in [7, 11) is 3.05. The van der Waals surface area contributed by atoms with Crippen molar-refractivity contribution in [1.82, 2.24) is 34.2 Å². The Labute approximate surface area is 203 Å². The van der Waals surface area contributed by atoms with Crippen molar-refractivity contribution >= 4 is 40.3 Å². The van der Waals surface area contributed by atoms with E-state index >= 15 is 0 Å². The summed E-state index contributed by atoms with van der Waals surface area (Å²) < 4.78 is 10.1. The molecule has 34 heavy (non-hydrogen) atoms. The molecule has 1 aliphatic heterocycles. The number of rotatable bonds is 4. The van der Waals surface area contributed by atoms with Gasteiger partial charge in [0.25, 0.3) is 5.56 Å². The molecule has 1 aromatic carbocycles. The Kier molecular flexibility index (Phi) is 5.70. The highest BCUT2D eigenvalue weighted by molar-refractivity contribution is 6.42. The molecule has 0 saturated carbocycles. The Balaban J connectivity index is 1.63. The monoisotopic (exact) mass is 504 g/mol. The van der Waals surface area contributed by atoms with Crippen molar-refractivity contribution in [2.24, 2.45) is 14.1 Å². The molecule has 1 saturated heterocycles. The van der Waals surface area contributed by atoms with Gasteiger partial charge in [-0.05, 0) is 25.1 Å². The summed E-state index contributed by atoms with van der Waals surface area (Å²) in [5.74, 6) is 1.12. The first-order chi connectivity index (χ1) is 16.2. The fourth-order valence-electron chi connectivity index (χ4n) is 4.14. The van der Waals surface area contributed by atoms with Crippen LogP contribution < -0.4 is 21.5 Å². The Hall–Kier alpha value is -3.15. The predicted molar refractivity (Wildman–Crippen MR) is 129 cm³/mol. The molecular weight excluding hydrogens is 483 g/mol. The van der Waals surface area contributed by atoms with E-state index in [2.05, 4.69) is 27.3 Å². The zero-order valence-corrected chi connectivity index (χ0v) is 20.3. The summed E-state index contributed by atoms with van der Waals surface area (Å²) in [6.45, 7) is 4.33. The number of aromatic nitrogens is 6. The highest BCUT2D eigenvalue weighted by Gasteiger charge is 2.26. The second kappa shape index (κ2) is 8.57. The number of anilines is 1. The molecule has 1 aliphatic rings. The van der Waals surface area contributed by atoms with E-state index in [9.17, 15) is 9.59 Å². The fraction of sp³-hybridized carbons (Fsp3) is 0.381. The third-order valence-corrected chi connectivity index (χ3v) is 6.65. The van der Waals surface area contributed by atoms with E-state index in [0.717, 1.165) is 11.1 Å². The molecule has 1 atom stereocenters. The maximum Gasteiger partial charge on any atom is 0.332 e. The van der Waals surface area contributed by atoms with Gasteiger partial charge in [-0.1, -0.05) is 23.2 Å². The summed E-state index contributed by atoms with van der Waals surface area (Å²) in [6.07, 6.45) is 0. The van der Waals surface area contributed by atoms with Crippen molar-refractivity contribution in [3.05, 3.63) is 55.0 Å². The highest BCUT2D eigenvalue weighted by Crippen LogP contribution is 2.28. The number of nitrogens with zero attached hydrogens (tertiary/aromatic N) is 7. The smallest absolute Gasteiger partial charge is 0.332 e. The molecule has 3 aromatic heterocycles. The van der Waals surface area contributed by atoms with Crippen LogP contribution in [-0.4, -0.2) is 54.6 Å². The zero-order valence-electron chi connectivity index (χ0n) is 18.7. The number of hydrogen-bond donors (Lipinski definition) is 1. The summed E-state index contributed by atoms with van der Waals surface area (Å²) in [4.78, 5) is 32.4. The molecule has 11 nitrogen and oxygen atoms in total.